The predicted molar refractivity (Wildman–Crippen MR) is 80.9 cm³/mol. The zero-order valence-electron chi connectivity index (χ0n) is 12.3. The molecule has 20 heavy (non-hydrogen) atoms. The van der Waals surface area contributed by atoms with Crippen molar-refractivity contribution < 1.29 is 10.2 Å². The second-order valence-corrected chi connectivity index (χ2v) is 6.38. The Morgan fingerprint density at radius 3 is 2.40 bits per heavy atom. The number of hydrogen-bond donors (Lipinski definition) is 2. The number of nitrogens with zero attached hydrogens (tertiary/aromatic N) is 2. The molecule has 1 aromatic rings. The van der Waals surface area contributed by atoms with E-state index in [-0.39, 0.29) is 17.1 Å². The van der Waals surface area contributed by atoms with Crippen molar-refractivity contribution in [3.63, 3.8) is 0 Å². The third kappa shape index (κ3) is 3.76. The van der Waals surface area contributed by atoms with Gasteiger partial charge in [0.1, 0.15) is 5.84 Å². The van der Waals surface area contributed by atoms with Gasteiger partial charge in [-0.05, 0) is 11.0 Å². The Kier molecular flexibility index (Phi) is 4.02. The lowest BCUT2D eigenvalue weighted by Crippen LogP contribution is -2.42. The third-order valence-corrected chi connectivity index (χ3v) is 3.07. The van der Waals surface area contributed by atoms with Crippen LogP contribution in [0.5, 0.6) is 0 Å². The first kappa shape index (κ1) is 14.4. The Labute approximate surface area is 120 Å². The summed E-state index contributed by atoms with van der Waals surface area (Å²) in [6, 6.07) is 10.0. The van der Waals surface area contributed by atoms with E-state index in [1.807, 2.05) is 35.2 Å². The molecule has 1 heterocycles. The molecule has 2 N–H and O–H groups in total. The number of aliphatic hydroxyl groups is 2. The Hall–Kier alpha value is -1.97. The van der Waals surface area contributed by atoms with Gasteiger partial charge in [-0.15, -0.1) is 0 Å². The highest BCUT2D eigenvalue weighted by molar-refractivity contribution is 5.86. The zero-order valence-corrected chi connectivity index (χ0v) is 12.3. The first-order valence-electron chi connectivity index (χ1n) is 6.83. The first-order valence-corrected chi connectivity index (χ1v) is 6.83. The lowest BCUT2D eigenvalue weighted by Gasteiger charge is -2.34. The molecular formula is C16H22N2O2. The molecule has 1 aliphatic heterocycles. The molecule has 0 aliphatic carbocycles. The van der Waals surface area contributed by atoms with Gasteiger partial charge in [0, 0.05) is 13.0 Å². The quantitative estimate of drug-likeness (QED) is 0.889. The van der Waals surface area contributed by atoms with Crippen LogP contribution in [0.15, 0.2) is 47.0 Å². The summed E-state index contributed by atoms with van der Waals surface area (Å²) in [4.78, 5) is 6.18. The van der Waals surface area contributed by atoms with E-state index in [0.29, 0.717) is 13.0 Å². The van der Waals surface area contributed by atoms with Gasteiger partial charge in [0.25, 0.3) is 5.88 Å². The maximum Gasteiger partial charge on any atom is 0.253 e. The minimum absolute atomic E-state index is 0.0638. The summed E-state index contributed by atoms with van der Waals surface area (Å²) in [5.41, 5.74) is 1.23. The van der Waals surface area contributed by atoms with Gasteiger partial charge in [-0.1, -0.05) is 51.1 Å². The van der Waals surface area contributed by atoms with Crippen molar-refractivity contribution in [2.24, 2.45) is 10.4 Å². The van der Waals surface area contributed by atoms with Gasteiger partial charge >= 0.3 is 0 Å². The Morgan fingerprint density at radius 1 is 1.15 bits per heavy atom. The van der Waals surface area contributed by atoms with Gasteiger partial charge in [-0.3, -0.25) is 0 Å². The smallest absolute Gasteiger partial charge is 0.253 e. The minimum atomic E-state index is -0.263. The molecule has 0 aromatic heterocycles. The molecule has 1 aromatic carbocycles. The van der Waals surface area contributed by atoms with Crippen molar-refractivity contribution in [1.82, 2.24) is 4.90 Å². The number of aliphatic hydroxyl groups excluding tert-OH is 2. The van der Waals surface area contributed by atoms with Crippen LogP contribution in [0.2, 0.25) is 0 Å². The molecule has 0 spiro atoms. The molecule has 0 fully saturated rings. The number of aliphatic imine (C=N–C) groups is 1. The highest BCUT2D eigenvalue weighted by Crippen LogP contribution is 2.21. The van der Waals surface area contributed by atoms with E-state index in [0.717, 1.165) is 17.9 Å². The lowest BCUT2D eigenvalue weighted by molar-refractivity contribution is 0.226. The van der Waals surface area contributed by atoms with Crippen LogP contribution in [0.25, 0.3) is 0 Å². The molecule has 0 bridgehead atoms. The van der Waals surface area contributed by atoms with E-state index >= 15 is 0 Å². The van der Waals surface area contributed by atoms with E-state index in [1.165, 1.54) is 0 Å². The second-order valence-electron chi connectivity index (χ2n) is 6.38. The fraction of sp³-hybridized carbons (Fsp3) is 0.438. The van der Waals surface area contributed by atoms with E-state index in [1.54, 1.807) is 0 Å². The molecule has 1 aliphatic rings. The Balaban J connectivity index is 2.22. The van der Waals surface area contributed by atoms with Gasteiger partial charge < -0.3 is 15.1 Å². The number of amidine groups is 1. The molecule has 4 nitrogen and oxygen atoms in total. The van der Waals surface area contributed by atoms with Crippen LogP contribution >= 0.6 is 0 Å². The summed E-state index contributed by atoms with van der Waals surface area (Å²) in [6.45, 7) is 7.51. The van der Waals surface area contributed by atoms with Crippen molar-refractivity contribution in [3.8, 4) is 0 Å². The summed E-state index contributed by atoms with van der Waals surface area (Å²) < 4.78 is 0. The number of rotatable bonds is 3. The average molecular weight is 274 g/mol. The highest BCUT2D eigenvalue weighted by atomic mass is 16.3. The molecule has 0 atom stereocenters. The van der Waals surface area contributed by atoms with E-state index in [4.69, 9.17) is 0 Å². The van der Waals surface area contributed by atoms with Gasteiger partial charge in [-0.25, -0.2) is 0 Å². The van der Waals surface area contributed by atoms with Crippen LogP contribution in [-0.2, 0) is 6.42 Å². The standard InChI is InChI=1S/C16H22N2O2/c1-16(2,3)11-18-10-13(19)15(20)17-14(18)9-12-7-5-4-6-8-12/h4-8,19-20H,9-11H2,1-3H3. The van der Waals surface area contributed by atoms with Crippen molar-refractivity contribution in [2.45, 2.75) is 27.2 Å². The van der Waals surface area contributed by atoms with Gasteiger partial charge in [0.2, 0.25) is 0 Å². The monoisotopic (exact) mass is 274 g/mol. The van der Waals surface area contributed by atoms with Crippen LogP contribution in [-0.4, -0.2) is 34.0 Å². The maximum absolute atomic E-state index is 9.71. The van der Waals surface area contributed by atoms with Crippen molar-refractivity contribution in [1.29, 1.82) is 0 Å². The van der Waals surface area contributed by atoms with Crippen molar-refractivity contribution in [2.75, 3.05) is 13.1 Å². The molecule has 2 rings (SSSR count). The van der Waals surface area contributed by atoms with E-state index in [2.05, 4.69) is 25.8 Å². The summed E-state index contributed by atoms with van der Waals surface area (Å²) >= 11 is 0. The summed E-state index contributed by atoms with van der Waals surface area (Å²) in [6.07, 6.45) is 0.647. The SMILES string of the molecule is CC(C)(C)CN1CC(O)=C(O)N=C1Cc1ccccc1. The van der Waals surface area contributed by atoms with Gasteiger partial charge in [0.05, 0.1) is 6.54 Å². The van der Waals surface area contributed by atoms with Gasteiger partial charge in [0.15, 0.2) is 5.76 Å². The van der Waals surface area contributed by atoms with Crippen LogP contribution in [0.3, 0.4) is 0 Å². The zero-order chi connectivity index (χ0) is 14.8. The molecule has 0 unspecified atom stereocenters. The van der Waals surface area contributed by atoms with Crippen LogP contribution in [0.4, 0.5) is 0 Å². The Bertz CT molecular complexity index is 527. The maximum atomic E-state index is 9.71. The normalized spacial score (nSPS) is 16.4. The topological polar surface area (TPSA) is 56.1 Å². The summed E-state index contributed by atoms with van der Waals surface area (Å²) in [7, 11) is 0. The number of hydrogen-bond acceptors (Lipinski definition) is 4. The number of benzene rings is 1. The van der Waals surface area contributed by atoms with Crippen molar-refractivity contribution in [3.05, 3.63) is 47.5 Å². The molecule has 0 saturated heterocycles. The molecule has 0 saturated carbocycles. The summed E-state index contributed by atoms with van der Waals surface area (Å²) in [5.74, 6) is 0.466. The van der Waals surface area contributed by atoms with Crippen LogP contribution in [0, 0.1) is 5.41 Å². The van der Waals surface area contributed by atoms with Crippen molar-refractivity contribution >= 4 is 5.84 Å². The molecule has 108 valence electrons. The molecule has 4 heteroatoms. The predicted octanol–water partition coefficient (Wildman–Crippen LogP) is 3.27. The average Bonchev–Trinajstić information content (AvgIpc) is 2.35. The second kappa shape index (κ2) is 5.57. The van der Waals surface area contributed by atoms with Crippen LogP contribution < -0.4 is 0 Å². The molecule has 0 amide bonds. The summed E-state index contributed by atoms with van der Waals surface area (Å²) in [5, 5.41) is 19.4. The van der Waals surface area contributed by atoms with E-state index in [9.17, 15) is 10.2 Å². The fourth-order valence-corrected chi connectivity index (χ4v) is 2.25. The third-order valence-electron chi connectivity index (χ3n) is 3.07. The largest absolute Gasteiger partial charge is 0.506 e. The molecular weight excluding hydrogens is 252 g/mol. The lowest BCUT2D eigenvalue weighted by atomic mass is 9.95. The fourth-order valence-electron chi connectivity index (χ4n) is 2.25. The van der Waals surface area contributed by atoms with Gasteiger partial charge in [-0.2, -0.15) is 4.99 Å². The highest BCUT2D eigenvalue weighted by Gasteiger charge is 2.25. The first-order chi connectivity index (χ1) is 9.35. The molecule has 0 radical (unpaired) electrons. The minimum Gasteiger partial charge on any atom is -0.506 e. The Morgan fingerprint density at radius 2 is 1.80 bits per heavy atom. The van der Waals surface area contributed by atoms with Crippen LogP contribution in [0.1, 0.15) is 26.3 Å². The van der Waals surface area contributed by atoms with E-state index < -0.39 is 0 Å².